The van der Waals surface area contributed by atoms with Crippen molar-refractivity contribution in [1.29, 1.82) is 5.26 Å². The molecule has 0 bridgehead atoms. The van der Waals surface area contributed by atoms with Crippen molar-refractivity contribution in [2.24, 2.45) is 0 Å². The zero-order chi connectivity index (χ0) is 20.1. The van der Waals surface area contributed by atoms with Crippen molar-refractivity contribution in [3.05, 3.63) is 59.7 Å². The third-order valence-corrected chi connectivity index (χ3v) is 4.11. The van der Waals surface area contributed by atoms with Gasteiger partial charge in [-0.1, -0.05) is 18.2 Å². The van der Waals surface area contributed by atoms with Gasteiger partial charge in [-0.05, 0) is 30.3 Å². The van der Waals surface area contributed by atoms with Gasteiger partial charge in [-0.3, -0.25) is 24.1 Å². The molecular formula is C20H16N4O4. The molecule has 2 aromatic carbocycles. The molecule has 2 N–H and O–H groups in total. The number of anilines is 2. The lowest BCUT2D eigenvalue weighted by Crippen LogP contribution is -2.32. The highest BCUT2D eigenvalue weighted by Crippen LogP contribution is 2.22. The van der Waals surface area contributed by atoms with Crippen LogP contribution in [-0.2, 0) is 9.59 Å². The fourth-order valence-corrected chi connectivity index (χ4v) is 2.83. The van der Waals surface area contributed by atoms with E-state index in [1.54, 1.807) is 54.6 Å². The summed E-state index contributed by atoms with van der Waals surface area (Å²) in [6.45, 7) is -0.0310. The lowest BCUT2D eigenvalue weighted by atomic mass is 10.1. The lowest BCUT2D eigenvalue weighted by Gasteiger charge is -2.14. The molecule has 0 unspecified atom stereocenters. The van der Waals surface area contributed by atoms with Gasteiger partial charge in [0.2, 0.25) is 11.8 Å². The summed E-state index contributed by atoms with van der Waals surface area (Å²) in [7, 11) is 0. The van der Waals surface area contributed by atoms with E-state index in [2.05, 4.69) is 10.6 Å². The van der Waals surface area contributed by atoms with Gasteiger partial charge in [-0.15, -0.1) is 0 Å². The fourth-order valence-electron chi connectivity index (χ4n) is 2.83. The molecule has 3 rings (SSSR count). The molecule has 8 nitrogen and oxygen atoms in total. The van der Waals surface area contributed by atoms with Crippen LogP contribution < -0.4 is 10.6 Å². The zero-order valence-corrected chi connectivity index (χ0v) is 14.8. The molecule has 1 heterocycles. The summed E-state index contributed by atoms with van der Waals surface area (Å²) >= 11 is 0. The van der Waals surface area contributed by atoms with Gasteiger partial charge in [-0.2, -0.15) is 5.26 Å². The first kappa shape index (κ1) is 18.8. The molecule has 1 aliphatic heterocycles. The third-order valence-electron chi connectivity index (χ3n) is 4.11. The molecular weight excluding hydrogens is 360 g/mol. The summed E-state index contributed by atoms with van der Waals surface area (Å²) in [4.78, 5) is 49.3. The van der Waals surface area contributed by atoms with Crippen LogP contribution in [0.1, 0.15) is 33.6 Å². The lowest BCUT2D eigenvalue weighted by molar-refractivity contribution is -0.116. The SMILES string of the molecule is N#CCC(=O)Nc1cccc(NC(=O)CCN2C(=O)c3ccccc3C2=O)c1. The Labute approximate surface area is 160 Å². The number of fused-ring (bicyclic) bond motifs is 1. The predicted molar refractivity (Wildman–Crippen MR) is 100 cm³/mol. The van der Waals surface area contributed by atoms with Crippen LogP contribution in [0.4, 0.5) is 11.4 Å². The van der Waals surface area contributed by atoms with Crippen LogP contribution in [-0.4, -0.2) is 35.1 Å². The number of hydrogen-bond donors (Lipinski definition) is 2. The zero-order valence-electron chi connectivity index (χ0n) is 14.8. The molecule has 0 aliphatic carbocycles. The van der Waals surface area contributed by atoms with E-state index in [0.717, 1.165) is 4.90 Å². The Bertz CT molecular complexity index is 974. The molecule has 0 atom stereocenters. The van der Waals surface area contributed by atoms with Gasteiger partial charge in [0.25, 0.3) is 11.8 Å². The van der Waals surface area contributed by atoms with Crippen molar-refractivity contribution in [3.8, 4) is 6.07 Å². The van der Waals surface area contributed by atoms with Crippen LogP contribution in [0.25, 0.3) is 0 Å². The van der Waals surface area contributed by atoms with E-state index >= 15 is 0 Å². The molecule has 140 valence electrons. The average Bonchev–Trinajstić information content (AvgIpc) is 2.91. The topological polar surface area (TPSA) is 119 Å². The molecule has 0 spiro atoms. The summed E-state index contributed by atoms with van der Waals surface area (Å²) in [6, 6.07) is 14.7. The second kappa shape index (κ2) is 8.14. The van der Waals surface area contributed by atoms with Gasteiger partial charge < -0.3 is 10.6 Å². The molecule has 1 aliphatic rings. The van der Waals surface area contributed by atoms with E-state index in [4.69, 9.17) is 5.26 Å². The minimum Gasteiger partial charge on any atom is -0.326 e. The number of nitriles is 1. The van der Waals surface area contributed by atoms with Crippen molar-refractivity contribution >= 4 is 35.0 Å². The number of carbonyl (C=O) groups is 4. The number of rotatable bonds is 6. The number of imide groups is 1. The van der Waals surface area contributed by atoms with Crippen LogP contribution >= 0.6 is 0 Å². The molecule has 0 fully saturated rings. The van der Waals surface area contributed by atoms with Crippen LogP contribution in [0.3, 0.4) is 0 Å². The van der Waals surface area contributed by atoms with Gasteiger partial charge in [-0.25, -0.2) is 0 Å². The van der Waals surface area contributed by atoms with Crippen LogP contribution in [0.15, 0.2) is 48.5 Å². The van der Waals surface area contributed by atoms with E-state index in [1.165, 1.54) is 0 Å². The van der Waals surface area contributed by atoms with Gasteiger partial charge in [0.15, 0.2) is 0 Å². The van der Waals surface area contributed by atoms with Crippen molar-refractivity contribution in [3.63, 3.8) is 0 Å². The number of nitrogens with zero attached hydrogens (tertiary/aromatic N) is 2. The number of carbonyl (C=O) groups excluding carboxylic acids is 4. The maximum atomic E-state index is 12.3. The van der Waals surface area contributed by atoms with Crippen molar-refractivity contribution in [1.82, 2.24) is 4.90 Å². The number of benzene rings is 2. The first-order valence-electron chi connectivity index (χ1n) is 8.51. The molecule has 0 saturated heterocycles. The Morgan fingerprint density at radius 1 is 0.893 bits per heavy atom. The van der Waals surface area contributed by atoms with E-state index in [9.17, 15) is 19.2 Å². The van der Waals surface area contributed by atoms with Crippen molar-refractivity contribution < 1.29 is 19.2 Å². The molecule has 0 aromatic heterocycles. The summed E-state index contributed by atoms with van der Waals surface area (Å²) in [5, 5.41) is 13.7. The van der Waals surface area contributed by atoms with Crippen LogP contribution in [0.2, 0.25) is 0 Å². The Balaban J connectivity index is 1.57. The minimum atomic E-state index is -0.448. The standard InChI is InChI=1S/C20H16N4O4/c21-10-8-17(25)22-13-4-3-5-14(12-13)23-18(26)9-11-24-19(27)15-6-1-2-7-16(15)20(24)28/h1-7,12H,8-9,11H2,(H,22,25)(H,23,26). The van der Waals surface area contributed by atoms with Gasteiger partial charge in [0, 0.05) is 24.3 Å². The second-order valence-corrected chi connectivity index (χ2v) is 6.07. The monoisotopic (exact) mass is 376 g/mol. The Kier molecular flexibility index (Phi) is 5.46. The molecule has 0 radical (unpaired) electrons. The van der Waals surface area contributed by atoms with Crippen LogP contribution in [0.5, 0.6) is 0 Å². The number of nitrogens with one attached hydrogen (secondary N) is 2. The molecule has 0 saturated carbocycles. The predicted octanol–water partition coefficient (Wildman–Crippen LogP) is 2.16. The highest BCUT2D eigenvalue weighted by atomic mass is 16.2. The van der Waals surface area contributed by atoms with Crippen molar-refractivity contribution in [2.45, 2.75) is 12.8 Å². The van der Waals surface area contributed by atoms with Gasteiger partial charge in [0.05, 0.1) is 17.2 Å². The Morgan fingerprint density at radius 3 is 2.04 bits per heavy atom. The van der Waals surface area contributed by atoms with Gasteiger partial charge >= 0.3 is 0 Å². The minimum absolute atomic E-state index is 0.0310. The Morgan fingerprint density at radius 2 is 1.46 bits per heavy atom. The first-order valence-corrected chi connectivity index (χ1v) is 8.51. The summed E-state index contributed by atoms with van der Waals surface area (Å²) < 4.78 is 0. The smallest absolute Gasteiger partial charge is 0.261 e. The quantitative estimate of drug-likeness (QED) is 0.749. The molecule has 28 heavy (non-hydrogen) atoms. The molecule has 2 aromatic rings. The highest BCUT2D eigenvalue weighted by molar-refractivity contribution is 6.21. The van der Waals surface area contributed by atoms with E-state index < -0.39 is 17.7 Å². The van der Waals surface area contributed by atoms with E-state index in [-0.39, 0.29) is 25.3 Å². The summed E-state index contributed by atoms with van der Waals surface area (Å²) in [5.41, 5.74) is 1.57. The summed E-state index contributed by atoms with van der Waals surface area (Å²) in [5.74, 6) is -1.64. The molecule has 8 heteroatoms. The maximum Gasteiger partial charge on any atom is 0.261 e. The van der Waals surface area contributed by atoms with Crippen LogP contribution in [0, 0.1) is 11.3 Å². The fraction of sp³-hybridized carbons (Fsp3) is 0.150. The Hall–Kier alpha value is -3.99. The first-order chi connectivity index (χ1) is 13.5. The number of hydrogen-bond acceptors (Lipinski definition) is 5. The average molecular weight is 376 g/mol. The second-order valence-electron chi connectivity index (χ2n) is 6.07. The summed E-state index contributed by atoms with van der Waals surface area (Å²) in [6.07, 6.45) is -0.326. The number of amides is 4. The van der Waals surface area contributed by atoms with Gasteiger partial charge in [0.1, 0.15) is 6.42 Å². The van der Waals surface area contributed by atoms with Crippen molar-refractivity contribution in [2.75, 3.05) is 17.2 Å². The largest absolute Gasteiger partial charge is 0.326 e. The van der Waals surface area contributed by atoms with E-state index in [0.29, 0.717) is 22.5 Å². The maximum absolute atomic E-state index is 12.3. The third kappa shape index (κ3) is 4.04. The highest BCUT2D eigenvalue weighted by Gasteiger charge is 2.34. The molecule has 4 amide bonds. The van der Waals surface area contributed by atoms with E-state index in [1.807, 2.05) is 0 Å². The normalized spacial score (nSPS) is 12.3.